The molecule has 1 N–H and O–H groups in total. The van der Waals surface area contributed by atoms with Gasteiger partial charge in [0, 0.05) is 16.7 Å². The molecule has 2 aromatic carbocycles. The van der Waals surface area contributed by atoms with Crippen LogP contribution < -0.4 is 14.8 Å². The molecular weight excluding hydrogens is 356 g/mol. The molecule has 1 heterocycles. The Balaban J connectivity index is 1.47. The third-order valence-corrected chi connectivity index (χ3v) is 3.84. The average Bonchev–Trinajstić information content (AvgIpc) is 3.14. The molecule has 6 nitrogen and oxygen atoms in total. The van der Waals surface area contributed by atoms with Crippen LogP contribution in [-0.4, -0.2) is 24.8 Å². The van der Waals surface area contributed by atoms with Crippen LogP contribution >= 0.6 is 11.6 Å². The van der Waals surface area contributed by atoms with Crippen LogP contribution in [-0.2, 0) is 11.3 Å². The van der Waals surface area contributed by atoms with Crippen molar-refractivity contribution < 1.29 is 18.8 Å². The molecule has 0 atom stereocenters. The smallest absolute Gasteiger partial charge is 0.258 e. The highest BCUT2D eigenvalue weighted by atomic mass is 35.5. The second-order valence-corrected chi connectivity index (χ2v) is 5.86. The third-order valence-electron chi connectivity index (χ3n) is 3.59. The minimum Gasteiger partial charge on any atom is -0.497 e. The van der Waals surface area contributed by atoms with Crippen LogP contribution in [0.3, 0.4) is 0 Å². The molecule has 134 valence electrons. The van der Waals surface area contributed by atoms with Gasteiger partial charge in [0.2, 0.25) is 0 Å². The molecule has 0 aliphatic carbocycles. The van der Waals surface area contributed by atoms with Gasteiger partial charge in [0.25, 0.3) is 5.91 Å². The largest absolute Gasteiger partial charge is 0.497 e. The normalized spacial score (nSPS) is 10.4. The Morgan fingerprint density at radius 3 is 2.50 bits per heavy atom. The van der Waals surface area contributed by atoms with Gasteiger partial charge in [-0.3, -0.25) is 4.79 Å². The van der Waals surface area contributed by atoms with E-state index in [-0.39, 0.29) is 19.1 Å². The summed E-state index contributed by atoms with van der Waals surface area (Å²) in [6.07, 6.45) is 0. The van der Waals surface area contributed by atoms with Crippen LogP contribution in [0.1, 0.15) is 5.76 Å². The van der Waals surface area contributed by atoms with Crippen molar-refractivity contribution in [1.82, 2.24) is 10.5 Å². The number of halogens is 1. The molecule has 3 aromatic rings. The molecule has 0 aliphatic rings. The molecule has 0 radical (unpaired) electrons. The topological polar surface area (TPSA) is 73.6 Å². The van der Waals surface area contributed by atoms with Crippen molar-refractivity contribution in [1.29, 1.82) is 0 Å². The first-order valence-electron chi connectivity index (χ1n) is 7.89. The van der Waals surface area contributed by atoms with Gasteiger partial charge in [-0.1, -0.05) is 28.9 Å². The Morgan fingerprint density at radius 2 is 1.81 bits per heavy atom. The Bertz CT molecular complexity index is 860. The minimum absolute atomic E-state index is 0.0928. The van der Waals surface area contributed by atoms with Crippen molar-refractivity contribution in [3.63, 3.8) is 0 Å². The summed E-state index contributed by atoms with van der Waals surface area (Å²) in [5.41, 5.74) is 1.57. The van der Waals surface area contributed by atoms with Crippen LogP contribution in [0.15, 0.2) is 59.1 Å². The van der Waals surface area contributed by atoms with E-state index in [2.05, 4.69) is 10.5 Å². The van der Waals surface area contributed by atoms with Gasteiger partial charge < -0.3 is 19.3 Å². The van der Waals surface area contributed by atoms with Gasteiger partial charge in [-0.15, -0.1) is 0 Å². The molecule has 3 rings (SSSR count). The minimum atomic E-state index is -0.259. The lowest BCUT2D eigenvalue weighted by molar-refractivity contribution is -0.123. The number of methoxy groups -OCH3 is 1. The molecule has 0 fully saturated rings. The zero-order valence-electron chi connectivity index (χ0n) is 14.1. The van der Waals surface area contributed by atoms with E-state index < -0.39 is 0 Å². The number of carbonyl (C=O) groups is 1. The van der Waals surface area contributed by atoms with Crippen LogP contribution in [0, 0.1) is 0 Å². The van der Waals surface area contributed by atoms with E-state index in [0.717, 1.165) is 11.3 Å². The SMILES string of the molecule is COc1ccc(OCC(=O)NCc2cc(-c3ccc(Cl)cc3)no2)cc1. The highest BCUT2D eigenvalue weighted by Crippen LogP contribution is 2.21. The number of hydrogen-bond acceptors (Lipinski definition) is 5. The molecule has 1 aromatic heterocycles. The summed E-state index contributed by atoms with van der Waals surface area (Å²) in [5, 5.41) is 7.37. The molecular formula is C19H17ClN2O4. The standard InChI is InChI=1S/C19H17ClN2O4/c1-24-15-6-8-16(9-7-15)25-12-19(23)21-11-17-10-18(22-26-17)13-2-4-14(20)5-3-13/h2-10H,11-12H2,1H3,(H,21,23). The van der Waals surface area contributed by atoms with E-state index >= 15 is 0 Å². The van der Waals surface area contributed by atoms with Crippen molar-refractivity contribution in [3.8, 4) is 22.8 Å². The van der Waals surface area contributed by atoms with Gasteiger partial charge in [-0.25, -0.2) is 0 Å². The summed E-state index contributed by atoms with van der Waals surface area (Å²) in [6, 6.07) is 16.0. The molecule has 0 spiro atoms. The van der Waals surface area contributed by atoms with Gasteiger partial charge in [-0.2, -0.15) is 0 Å². The number of carbonyl (C=O) groups excluding carboxylic acids is 1. The van der Waals surface area contributed by atoms with Crippen LogP contribution in [0.2, 0.25) is 5.02 Å². The summed E-state index contributed by atoms with van der Waals surface area (Å²) in [5.74, 6) is 1.60. The van der Waals surface area contributed by atoms with E-state index in [1.165, 1.54) is 0 Å². The van der Waals surface area contributed by atoms with Gasteiger partial charge in [-0.05, 0) is 36.4 Å². The summed E-state index contributed by atoms with van der Waals surface area (Å²) < 4.78 is 15.7. The molecule has 0 saturated carbocycles. The Labute approximate surface area is 155 Å². The van der Waals surface area contributed by atoms with Crippen LogP contribution in [0.5, 0.6) is 11.5 Å². The fourth-order valence-electron chi connectivity index (χ4n) is 2.21. The summed E-state index contributed by atoms with van der Waals surface area (Å²) in [6.45, 7) is 0.135. The van der Waals surface area contributed by atoms with E-state index in [4.69, 9.17) is 25.6 Å². The van der Waals surface area contributed by atoms with Crippen molar-refractivity contribution in [2.75, 3.05) is 13.7 Å². The Kier molecular flexibility index (Phi) is 5.76. The van der Waals surface area contributed by atoms with Gasteiger partial charge >= 0.3 is 0 Å². The Morgan fingerprint density at radius 1 is 1.12 bits per heavy atom. The average molecular weight is 373 g/mol. The van der Waals surface area contributed by atoms with E-state index in [9.17, 15) is 4.79 Å². The van der Waals surface area contributed by atoms with E-state index in [0.29, 0.717) is 22.2 Å². The van der Waals surface area contributed by atoms with E-state index in [1.807, 2.05) is 12.1 Å². The molecule has 1 amide bonds. The lowest BCUT2D eigenvalue weighted by atomic mass is 10.1. The number of hydrogen-bond donors (Lipinski definition) is 1. The first-order valence-corrected chi connectivity index (χ1v) is 8.27. The molecule has 0 bridgehead atoms. The van der Waals surface area contributed by atoms with Crippen LogP contribution in [0.25, 0.3) is 11.3 Å². The zero-order valence-corrected chi connectivity index (χ0v) is 14.8. The molecule has 0 saturated heterocycles. The van der Waals surface area contributed by atoms with E-state index in [1.54, 1.807) is 49.6 Å². The number of amides is 1. The highest BCUT2D eigenvalue weighted by Gasteiger charge is 2.09. The summed E-state index contributed by atoms with van der Waals surface area (Å²) >= 11 is 5.87. The molecule has 7 heteroatoms. The van der Waals surface area contributed by atoms with Gasteiger partial charge in [0.1, 0.15) is 17.2 Å². The maximum atomic E-state index is 11.9. The lowest BCUT2D eigenvalue weighted by Gasteiger charge is -2.07. The lowest BCUT2D eigenvalue weighted by Crippen LogP contribution is -2.28. The maximum Gasteiger partial charge on any atom is 0.258 e. The van der Waals surface area contributed by atoms with Crippen molar-refractivity contribution in [2.24, 2.45) is 0 Å². The van der Waals surface area contributed by atoms with Gasteiger partial charge in [0.15, 0.2) is 12.4 Å². The second-order valence-electron chi connectivity index (χ2n) is 5.43. The van der Waals surface area contributed by atoms with Gasteiger partial charge in [0.05, 0.1) is 13.7 Å². The number of nitrogens with one attached hydrogen (secondary N) is 1. The predicted octanol–water partition coefficient (Wildman–Crippen LogP) is 3.70. The molecule has 26 heavy (non-hydrogen) atoms. The third kappa shape index (κ3) is 4.77. The zero-order chi connectivity index (χ0) is 18.4. The fraction of sp³-hybridized carbons (Fsp3) is 0.158. The summed E-state index contributed by atoms with van der Waals surface area (Å²) in [7, 11) is 1.59. The first-order chi connectivity index (χ1) is 12.6. The predicted molar refractivity (Wildman–Crippen MR) is 97.3 cm³/mol. The maximum absolute atomic E-state index is 11.9. The number of nitrogens with zero attached hydrogens (tertiary/aromatic N) is 1. The monoisotopic (exact) mass is 372 g/mol. The van der Waals surface area contributed by atoms with Crippen molar-refractivity contribution >= 4 is 17.5 Å². The number of benzene rings is 2. The Hall–Kier alpha value is -2.99. The highest BCUT2D eigenvalue weighted by molar-refractivity contribution is 6.30. The fourth-order valence-corrected chi connectivity index (χ4v) is 2.34. The first kappa shape index (κ1) is 17.8. The number of ether oxygens (including phenoxy) is 2. The molecule has 0 aliphatic heterocycles. The number of aromatic nitrogens is 1. The summed E-state index contributed by atoms with van der Waals surface area (Å²) in [4.78, 5) is 11.9. The van der Waals surface area contributed by atoms with Crippen molar-refractivity contribution in [3.05, 3.63) is 65.4 Å². The quantitative estimate of drug-likeness (QED) is 0.684. The molecule has 0 unspecified atom stereocenters. The van der Waals surface area contributed by atoms with Crippen molar-refractivity contribution in [2.45, 2.75) is 6.54 Å². The van der Waals surface area contributed by atoms with Crippen LogP contribution in [0.4, 0.5) is 0 Å². The number of rotatable bonds is 7. The second kappa shape index (κ2) is 8.40.